The predicted molar refractivity (Wildman–Crippen MR) is 89.6 cm³/mol. The van der Waals surface area contributed by atoms with Gasteiger partial charge >= 0.3 is 0 Å². The highest BCUT2D eigenvalue weighted by Gasteiger charge is 2.61. The molecule has 2 aromatic rings. The molecular formula is C19H18N2O3. The van der Waals surface area contributed by atoms with Gasteiger partial charge in [0.2, 0.25) is 17.4 Å². The number of benzene rings is 1. The zero-order valence-corrected chi connectivity index (χ0v) is 13.4. The molecular weight excluding hydrogens is 304 g/mol. The minimum atomic E-state index is -0.175. The predicted octanol–water partition coefficient (Wildman–Crippen LogP) is 2.37. The third-order valence-electron chi connectivity index (χ3n) is 6.22. The Bertz CT molecular complexity index is 933. The van der Waals surface area contributed by atoms with E-state index in [1.54, 1.807) is 12.1 Å². The fourth-order valence-electron chi connectivity index (χ4n) is 5.23. The molecule has 2 saturated carbocycles. The molecule has 5 rings (SSSR count). The van der Waals surface area contributed by atoms with Crippen molar-refractivity contribution >= 4 is 28.4 Å². The summed E-state index contributed by atoms with van der Waals surface area (Å²) in [6.07, 6.45) is 3.18. The summed E-state index contributed by atoms with van der Waals surface area (Å²) in [5, 5.41) is 0.928. The summed E-state index contributed by atoms with van der Waals surface area (Å²) in [6, 6.07) is 6.99. The lowest BCUT2D eigenvalue weighted by Crippen LogP contribution is -2.32. The van der Waals surface area contributed by atoms with Gasteiger partial charge in [-0.05, 0) is 55.7 Å². The molecule has 0 unspecified atom stereocenters. The van der Waals surface area contributed by atoms with E-state index in [9.17, 15) is 14.4 Å². The number of nitrogens with one attached hydrogen (secondary N) is 1. The van der Waals surface area contributed by atoms with E-state index in [0.717, 1.165) is 30.2 Å². The number of carbonyl (C=O) groups is 2. The summed E-state index contributed by atoms with van der Waals surface area (Å²) in [6.45, 7) is 1.88. The Labute approximate surface area is 138 Å². The number of rotatable bonds is 1. The molecule has 1 aliphatic heterocycles. The average molecular weight is 322 g/mol. The number of anilines is 1. The molecule has 2 heterocycles. The first-order valence-corrected chi connectivity index (χ1v) is 8.56. The highest BCUT2D eigenvalue weighted by Crippen LogP contribution is 2.56. The van der Waals surface area contributed by atoms with Crippen LogP contribution in [0.4, 0.5) is 5.69 Å². The molecule has 1 N–H and O–H groups in total. The van der Waals surface area contributed by atoms with Crippen molar-refractivity contribution in [3.8, 4) is 0 Å². The molecule has 24 heavy (non-hydrogen) atoms. The number of amides is 2. The van der Waals surface area contributed by atoms with Crippen molar-refractivity contribution in [1.82, 2.24) is 4.98 Å². The van der Waals surface area contributed by atoms with Crippen LogP contribution in [0.3, 0.4) is 0 Å². The second-order valence-electron chi connectivity index (χ2n) is 7.44. The highest BCUT2D eigenvalue weighted by atomic mass is 16.2. The van der Waals surface area contributed by atoms with Crippen molar-refractivity contribution in [3.05, 3.63) is 40.2 Å². The van der Waals surface area contributed by atoms with Crippen LogP contribution in [0, 0.1) is 30.6 Å². The number of hydrogen-bond donors (Lipinski definition) is 1. The van der Waals surface area contributed by atoms with Gasteiger partial charge in [0.25, 0.3) is 0 Å². The number of fused-ring (bicyclic) bond motifs is 6. The quantitative estimate of drug-likeness (QED) is 0.820. The number of carbonyl (C=O) groups excluding carboxylic acids is 2. The molecule has 122 valence electrons. The minimum absolute atomic E-state index is 0.0495. The Morgan fingerprint density at radius 2 is 1.67 bits per heavy atom. The number of aryl methyl sites for hydroxylation is 1. The topological polar surface area (TPSA) is 70.2 Å². The van der Waals surface area contributed by atoms with E-state index in [4.69, 9.17) is 0 Å². The molecule has 0 spiro atoms. The largest absolute Gasteiger partial charge is 0.322 e. The van der Waals surface area contributed by atoms with Gasteiger partial charge in [-0.1, -0.05) is 6.07 Å². The van der Waals surface area contributed by atoms with Gasteiger partial charge in [-0.25, -0.2) is 4.90 Å². The molecule has 1 aromatic heterocycles. The van der Waals surface area contributed by atoms with Crippen molar-refractivity contribution in [2.45, 2.75) is 26.2 Å². The number of imide groups is 1. The van der Waals surface area contributed by atoms with E-state index in [2.05, 4.69) is 4.98 Å². The number of H-pyrrole nitrogens is 1. The lowest BCUT2D eigenvalue weighted by atomic mass is 9.81. The maximum atomic E-state index is 12.9. The first kappa shape index (κ1) is 14.0. The number of hydrogen-bond acceptors (Lipinski definition) is 3. The van der Waals surface area contributed by atoms with Crippen LogP contribution in [0.5, 0.6) is 0 Å². The summed E-state index contributed by atoms with van der Waals surface area (Å²) in [5.41, 5.74) is 1.95. The minimum Gasteiger partial charge on any atom is -0.322 e. The third kappa shape index (κ3) is 1.67. The van der Waals surface area contributed by atoms with Gasteiger partial charge in [0.05, 0.1) is 23.0 Å². The van der Waals surface area contributed by atoms with Gasteiger partial charge < -0.3 is 4.98 Å². The summed E-state index contributed by atoms with van der Waals surface area (Å²) in [4.78, 5) is 41.7. The molecule has 1 aromatic carbocycles. The van der Waals surface area contributed by atoms with E-state index in [-0.39, 0.29) is 29.2 Å². The van der Waals surface area contributed by atoms with Crippen LogP contribution in [-0.2, 0) is 9.59 Å². The van der Waals surface area contributed by atoms with Gasteiger partial charge in [-0.15, -0.1) is 0 Å². The van der Waals surface area contributed by atoms with Crippen LogP contribution in [0.1, 0.15) is 24.8 Å². The lowest BCUT2D eigenvalue weighted by Gasteiger charge is -2.19. The van der Waals surface area contributed by atoms with E-state index in [0.29, 0.717) is 23.0 Å². The van der Waals surface area contributed by atoms with Gasteiger partial charge in [0.15, 0.2) is 0 Å². The molecule has 2 bridgehead atoms. The fourth-order valence-corrected chi connectivity index (χ4v) is 5.23. The Morgan fingerprint density at radius 3 is 2.33 bits per heavy atom. The Balaban J connectivity index is 1.62. The second kappa shape index (κ2) is 4.56. The SMILES string of the molecule is Cc1cc(=O)[nH]c2cc(N3C(=O)[C@@H]4[C@H]5CC[C@H](C5)[C@@H]4C3=O)ccc12. The van der Waals surface area contributed by atoms with E-state index in [1.165, 1.54) is 4.90 Å². The van der Waals surface area contributed by atoms with Crippen molar-refractivity contribution < 1.29 is 9.59 Å². The Hall–Kier alpha value is -2.43. The van der Waals surface area contributed by atoms with E-state index < -0.39 is 0 Å². The fraction of sp³-hybridized carbons (Fsp3) is 0.421. The first-order chi connectivity index (χ1) is 11.5. The molecule has 3 aliphatic rings. The number of aromatic nitrogens is 1. The molecule has 5 nitrogen and oxygen atoms in total. The molecule has 0 radical (unpaired) electrons. The summed E-state index contributed by atoms with van der Waals surface area (Å²) in [5.74, 6) is 0.415. The van der Waals surface area contributed by atoms with Crippen LogP contribution in [0.2, 0.25) is 0 Å². The highest BCUT2D eigenvalue weighted by molar-refractivity contribution is 6.23. The summed E-state index contributed by atoms with van der Waals surface area (Å²) in [7, 11) is 0. The zero-order chi connectivity index (χ0) is 16.6. The van der Waals surface area contributed by atoms with E-state index >= 15 is 0 Å². The monoisotopic (exact) mass is 322 g/mol. The number of nitrogens with zero attached hydrogens (tertiary/aromatic N) is 1. The molecule has 4 atom stereocenters. The average Bonchev–Trinajstić information content (AvgIpc) is 3.20. The third-order valence-corrected chi connectivity index (χ3v) is 6.22. The Morgan fingerprint density at radius 1 is 1.00 bits per heavy atom. The Kier molecular flexibility index (Phi) is 2.65. The number of aromatic amines is 1. The number of pyridine rings is 1. The van der Waals surface area contributed by atoms with Crippen LogP contribution in [0.25, 0.3) is 10.9 Å². The molecule has 3 fully saturated rings. The van der Waals surface area contributed by atoms with Crippen molar-refractivity contribution in [3.63, 3.8) is 0 Å². The first-order valence-electron chi connectivity index (χ1n) is 8.56. The van der Waals surface area contributed by atoms with Gasteiger partial charge in [-0.3, -0.25) is 14.4 Å². The van der Waals surface area contributed by atoms with Crippen molar-refractivity contribution in [1.29, 1.82) is 0 Å². The second-order valence-corrected chi connectivity index (χ2v) is 7.44. The lowest BCUT2D eigenvalue weighted by molar-refractivity contribution is -0.123. The summed E-state index contributed by atoms with van der Waals surface area (Å²) < 4.78 is 0. The molecule has 1 saturated heterocycles. The molecule has 5 heteroatoms. The van der Waals surface area contributed by atoms with Crippen LogP contribution < -0.4 is 10.5 Å². The van der Waals surface area contributed by atoms with Crippen LogP contribution >= 0.6 is 0 Å². The van der Waals surface area contributed by atoms with Crippen LogP contribution in [0.15, 0.2) is 29.1 Å². The normalized spacial score (nSPS) is 31.3. The smallest absolute Gasteiger partial charge is 0.248 e. The van der Waals surface area contributed by atoms with E-state index in [1.807, 2.05) is 19.1 Å². The maximum absolute atomic E-state index is 12.9. The maximum Gasteiger partial charge on any atom is 0.248 e. The zero-order valence-electron chi connectivity index (χ0n) is 13.4. The van der Waals surface area contributed by atoms with Crippen molar-refractivity contribution in [2.75, 3.05) is 4.90 Å². The standard InChI is InChI=1S/C19H18N2O3/c1-9-6-15(22)20-14-8-12(4-5-13(9)14)21-18(23)16-10-2-3-11(7-10)17(16)19(21)24/h4-6,8,10-11,16-17H,2-3,7H2,1H3,(H,20,22)/t10-,11+,16+,17-. The van der Waals surface area contributed by atoms with Crippen LogP contribution in [-0.4, -0.2) is 16.8 Å². The molecule has 2 amide bonds. The summed E-state index contributed by atoms with van der Waals surface area (Å²) >= 11 is 0. The van der Waals surface area contributed by atoms with Gasteiger partial charge in [-0.2, -0.15) is 0 Å². The van der Waals surface area contributed by atoms with Gasteiger partial charge in [0.1, 0.15) is 0 Å². The molecule has 2 aliphatic carbocycles. The van der Waals surface area contributed by atoms with Gasteiger partial charge in [0, 0.05) is 11.5 Å². The van der Waals surface area contributed by atoms with Crippen molar-refractivity contribution in [2.24, 2.45) is 23.7 Å².